The predicted molar refractivity (Wildman–Crippen MR) is 84.7 cm³/mol. The second-order valence-electron chi connectivity index (χ2n) is 4.20. The van der Waals surface area contributed by atoms with Gasteiger partial charge in [-0.05, 0) is 59.7 Å². The molecular formula is C16H18S2. The molecule has 0 saturated carbocycles. The molecule has 0 bridgehead atoms. The Morgan fingerprint density at radius 1 is 0.833 bits per heavy atom. The third-order valence-corrected chi connectivity index (χ3v) is 5.01. The highest BCUT2D eigenvalue weighted by Gasteiger charge is 2.11. The van der Waals surface area contributed by atoms with E-state index in [1.807, 2.05) is 34.8 Å². The highest BCUT2D eigenvalue weighted by molar-refractivity contribution is 7.20. The monoisotopic (exact) mass is 274 g/mol. The van der Waals surface area contributed by atoms with Gasteiger partial charge in [0.05, 0.1) is 0 Å². The first kappa shape index (κ1) is 13.3. The van der Waals surface area contributed by atoms with Crippen molar-refractivity contribution in [2.75, 3.05) is 0 Å². The molecule has 0 aliphatic heterocycles. The van der Waals surface area contributed by atoms with Crippen LogP contribution in [0.4, 0.5) is 0 Å². The first-order chi connectivity index (χ1) is 8.86. The van der Waals surface area contributed by atoms with Crippen LogP contribution in [-0.2, 0) is 12.8 Å². The molecule has 0 aliphatic carbocycles. The van der Waals surface area contributed by atoms with Crippen LogP contribution < -0.4 is 0 Å². The number of aryl methyl sites for hydroxylation is 2. The maximum absolute atomic E-state index is 3.81. The molecule has 0 saturated heterocycles. The topological polar surface area (TPSA) is 0 Å². The van der Waals surface area contributed by atoms with Gasteiger partial charge in [0.2, 0.25) is 0 Å². The number of hydrogen-bond acceptors (Lipinski definition) is 2. The Hall–Kier alpha value is -1.12. The molecule has 0 radical (unpaired) electrons. The molecular weight excluding hydrogens is 256 g/mol. The number of thiophene rings is 2. The summed E-state index contributed by atoms with van der Waals surface area (Å²) in [5.74, 6) is 0. The summed E-state index contributed by atoms with van der Waals surface area (Å²) in [6, 6.07) is 4.50. The average Bonchev–Trinajstić information content (AvgIpc) is 3.01. The summed E-state index contributed by atoms with van der Waals surface area (Å²) < 4.78 is 0. The molecule has 0 aromatic carbocycles. The van der Waals surface area contributed by atoms with Crippen LogP contribution in [0.25, 0.3) is 9.75 Å². The lowest BCUT2D eigenvalue weighted by Crippen LogP contribution is -1.86. The minimum Gasteiger partial charge on any atom is -0.143 e. The summed E-state index contributed by atoms with van der Waals surface area (Å²) >= 11 is 3.71. The van der Waals surface area contributed by atoms with Gasteiger partial charge in [-0.2, -0.15) is 0 Å². The van der Waals surface area contributed by atoms with Crippen LogP contribution >= 0.6 is 22.7 Å². The molecule has 0 atom stereocenters. The second kappa shape index (κ2) is 6.72. The van der Waals surface area contributed by atoms with Gasteiger partial charge in [-0.25, -0.2) is 0 Å². The van der Waals surface area contributed by atoms with E-state index in [2.05, 4.69) is 36.1 Å². The quantitative estimate of drug-likeness (QED) is 0.567. The van der Waals surface area contributed by atoms with Gasteiger partial charge in [-0.3, -0.25) is 0 Å². The van der Waals surface area contributed by atoms with Crippen molar-refractivity contribution < 1.29 is 0 Å². The maximum Gasteiger partial charge on any atom is 0.0477 e. The Balaban J connectivity index is 2.25. The van der Waals surface area contributed by atoms with Crippen molar-refractivity contribution in [3.05, 3.63) is 59.3 Å². The van der Waals surface area contributed by atoms with Crippen LogP contribution in [0.2, 0.25) is 0 Å². The molecule has 2 aromatic rings. The maximum atomic E-state index is 3.81. The fraction of sp³-hybridized carbons (Fsp3) is 0.250. The van der Waals surface area contributed by atoms with Crippen LogP contribution in [0, 0.1) is 0 Å². The highest BCUT2D eigenvalue weighted by Crippen LogP contribution is 2.37. The van der Waals surface area contributed by atoms with Crippen LogP contribution in [0.3, 0.4) is 0 Å². The summed E-state index contributed by atoms with van der Waals surface area (Å²) in [7, 11) is 0. The van der Waals surface area contributed by atoms with Gasteiger partial charge < -0.3 is 0 Å². The summed E-state index contributed by atoms with van der Waals surface area (Å²) in [4.78, 5) is 2.90. The summed E-state index contributed by atoms with van der Waals surface area (Å²) in [5.41, 5.74) is 2.92. The van der Waals surface area contributed by atoms with Crippen molar-refractivity contribution in [3.8, 4) is 9.75 Å². The Morgan fingerprint density at radius 3 is 1.67 bits per heavy atom. The molecule has 18 heavy (non-hydrogen) atoms. The fourth-order valence-corrected chi connectivity index (χ4v) is 4.12. The Labute approximate surface area is 117 Å². The lowest BCUT2D eigenvalue weighted by atomic mass is 10.1. The van der Waals surface area contributed by atoms with Crippen molar-refractivity contribution in [2.24, 2.45) is 0 Å². The van der Waals surface area contributed by atoms with E-state index in [9.17, 15) is 0 Å². The van der Waals surface area contributed by atoms with Crippen molar-refractivity contribution >= 4 is 22.7 Å². The zero-order chi connectivity index (χ0) is 12.8. The summed E-state index contributed by atoms with van der Waals surface area (Å²) in [6.45, 7) is 7.61. The van der Waals surface area contributed by atoms with Gasteiger partial charge in [0.25, 0.3) is 0 Å². The van der Waals surface area contributed by atoms with Crippen LogP contribution in [0.5, 0.6) is 0 Å². The zero-order valence-electron chi connectivity index (χ0n) is 10.5. The molecule has 2 heteroatoms. The Morgan fingerprint density at radius 2 is 1.28 bits per heavy atom. The van der Waals surface area contributed by atoms with Gasteiger partial charge in [-0.15, -0.1) is 35.8 Å². The van der Waals surface area contributed by atoms with Crippen molar-refractivity contribution in [3.63, 3.8) is 0 Å². The molecule has 0 spiro atoms. The van der Waals surface area contributed by atoms with Crippen molar-refractivity contribution in [1.29, 1.82) is 0 Å². The van der Waals surface area contributed by atoms with Gasteiger partial charge in [0, 0.05) is 9.75 Å². The van der Waals surface area contributed by atoms with E-state index in [1.54, 1.807) is 0 Å². The van der Waals surface area contributed by atoms with Gasteiger partial charge in [-0.1, -0.05) is 12.2 Å². The normalized spacial score (nSPS) is 10.4. The molecule has 0 amide bonds. The first-order valence-corrected chi connectivity index (χ1v) is 7.97. The van der Waals surface area contributed by atoms with Gasteiger partial charge in [0.15, 0.2) is 0 Å². The summed E-state index contributed by atoms with van der Waals surface area (Å²) in [6.07, 6.45) is 8.29. The van der Waals surface area contributed by atoms with E-state index in [4.69, 9.17) is 0 Å². The average molecular weight is 274 g/mol. The van der Waals surface area contributed by atoms with Crippen LogP contribution in [0.15, 0.2) is 48.2 Å². The summed E-state index contributed by atoms with van der Waals surface area (Å²) in [5, 5.41) is 4.40. The molecule has 0 N–H and O–H groups in total. The second-order valence-corrected chi connectivity index (χ2v) is 6.04. The van der Waals surface area contributed by atoms with E-state index in [-0.39, 0.29) is 0 Å². The molecule has 94 valence electrons. The van der Waals surface area contributed by atoms with E-state index in [0.717, 1.165) is 25.7 Å². The van der Waals surface area contributed by atoms with E-state index in [1.165, 1.54) is 20.9 Å². The Bertz CT molecular complexity index is 468. The molecule has 2 heterocycles. The van der Waals surface area contributed by atoms with E-state index >= 15 is 0 Å². The minimum atomic E-state index is 1.05. The van der Waals surface area contributed by atoms with Gasteiger partial charge in [0.1, 0.15) is 0 Å². The van der Waals surface area contributed by atoms with Crippen molar-refractivity contribution in [1.82, 2.24) is 0 Å². The van der Waals surface area contributed by atoms with Crippen LogP contribution in [0.1, 0.15) is 24.0 Å². The smallest absolute Gasteiger partial charge is 0.0477 e. The van der Waals surface area contributed by atoms with E-state index < -0.39 is 0 Å². The molecule has 2 aromatic heterocycles. The molecule has 0 nitrogen and oxygen atoms in total. The molecule has 0 unspecified atom stereocenters. The van der Waals surface area contributed by atoms with E-state index in [0.29, 0.717) is 0 Å². The largest absolute Gasteiger partial charge is 0.143 e. The highest BCUT2D eigenvalue weighted by atomic mass is 32.1. The van der Waals surface area contributed by atoms with Gasteiger partial charge >= 0.3 is 0 Å². The third-order valence-electron chi connectivity index (χ3n) is 2.94. The number of rotatable bonds is 7. The predicted octanol–water partition coefficient (Wildman–Crippen LogP) is 5.71. The SMILES string of the molecule is C=CCCc1ccsc1-c1sccc1CCC=C. The number of hydrogen-bond donors (Lipinski definition) is 0. The fourth-order valence-electron chi connectivity index (χ4n) is 1.98. The third kappa shape index (κ3) is 3.01. The Kier molecular flexibility index (Phi) is 4.97. The lowest BCUT2D eigenvalue weighted by Gasteiger charge is -2.04. The lowest BCUT2D eigenvalue weighted by molar-refractivity contribution is 1.00. The molecule has 0 aliphatic rings. The zero-order valence-corrected chi connectivity index (χ0v) is 12.2. The first-order valence-electron chi connectivity index (χ1n) is 6.21. The molecule has 2 rings (SSSR count). The standard InChI is InChI=1S/C16H18S2/c1-3-5-7-13-9-11-17-15(13)16-14(8-6-4-2)10-12-18-16/h3-4,9-12H,1-2,5-8H2. The van der Waals surface area contributed by atoms with Crippen molar-refractivity contribution in [2.45, 2.75) is 25.7 Å². The van der Waals surface area contributed by atoms with Crippen LogP contribution in [-0.4, -0.2) is 0 Å². The molecule has 0 fully saturated rings. The number of allylic oxidation sites excluding steroid dienone is 2. The minimum absolute atomic E-state index is 1.05.